The lowest BCUT2D eigenvalue weighted by Crippen LogP contribution is -2.25. The Morgan fingerprint density at radius 2 is 2.26 bits per heavy atom. The summed E-state index contributed by atoms with van der Waals surface area (Å²) < 4.78 is 1.70. The number of aryl methyl sites for hydroxylation is 1. The summed E-state index contributed by atoms with van der Waals surface area (Å²) in [4.78, 5) is 23.0. The first-order chi connectivity index (χ1) is 9.00. The largest absolute Gasteiger partial charge is 0.393 e. The van der Waals surface area contributed by atoms with E-state index >= 15 is 0 Å². The summed E-state index contributed by atoms with van der Waals surface area (Å²) in [5.41, 5.74) is 0.951. The van der Waals surface area contributed by atoms with Gasteiger partial charge >= 0.3 is 4.87 Å². The summed E-state index contributed by atoms with van der Waals surface area (Å²) >= 11 is 1.19. The fraction of sp³-hybridized carbons (Fsp3) is 0.692. The molecule has 0 fully saturated rings. The molecule has 0 saturated heterocycles. The standard InChI is InChI=1S/C13H22N2O3S/c1-10-9-19-13(18)15(10)8-4-6-12(17)14-7-3-5-11(2)16/h9,11,16H,3-8H2,1-2H3,(H,14,17). The molecule has 1 atom stereocenters. The lowest BCUT2D eigenvalue weighted by Gasteiger charge is -2.07. The molecule has 0 bridgehead atoms. The highest BCUT2D eigenvalue weighted by Gasteiger charge is 2.05. The van der Waals surface area contributed by atoms with Crippen molar-refractivity contribution in [1.82, 2.24) is 9.88 Å². The van der Waals surface area contributed by atoms with E-state index in [0.717, 1.165) is 12.1 Å². The van der Waals surface area contributed by atoms with E-state index in [4.69, 9.17) is 5.11 Å². The van der Waals surface area contributed by atoms with Crippen LogP contribution in [0.2, 0.25) is 0 Å². The van der Waals surface area contributed by atoms with E-state index in [-0.39, 0.29) is 16.9 Å². The predicted octanol–water partition coefficient (Wildman–Crippen LogP) is 1.28. The maximum Gasteiger partial charge on any atom is 0.307 e. The summed E-state index contributed by atoms with van der Waals surface area (Å²) in [5, 5.41) is 13.7. The van der Waals surface area contributed by atoms with Gasteiger partial charge in [0.1, 0.15) is 0 Å². The maximum absolute atomic E-state index is 11.5. The summed E-state index contributed by atoms with van der Waals surface area (Å²) in [6, 6.07) is 0. The van der Waals surface area contributed by atoms with Crippen molar-refractivity contribution in [2.24, 2.45) is 0 Å². The quantitative estimate of drug-likeness (QED) is 0.707. The Kier molecular flexibility index (Phi) is 6.80. The molecular weight excluding hydrogens is 264 g/mol. The summed E-state index contributed by atoms with van der Waals surface area (Å²) in [5.74, 6) is 0.00604. The van der Waals surface area contributed by atoms with Crippen molar-refractivity contribution < 1.29 is 9.90 Å². The number of aliphatic hydroxyl groups is 1. The van der Waals surface area contributed by atoms with E-state index in [1.54, 1.807) is 11.5 Å². The number of aliphatic hydroxyl groups excluding tert-OH is 1. The minimum atomic E-state index is -0.314. The van der Waals surface area contributed by atoms with Gasteiger partial charge in [0.25, 0.3) is 0 Å². The lowest BCUT2D eigenvalue weighted by atomic mass is 10.2. The molecule has 1 aromatic heterocycles. The monoisotopic (exact) mass is 286 g/mol. The molecule has 0 aromatic carbocycles. The van der Waals surface area contributed by atoms with Crippen molar-refractivity contribution >= 4 is 17.2 Å². The number of hydrogen-bond acceptors (Lipinski definition) is 4. The Labute approximate surface area is 117 Å². The van der Waals surface area contributed by atoms with Crippen LogP contribution in [0.4, 0.5) is 0 Å². The van der Waals surface area contributed by atoms with Crippen molar-refractivity contribution in [3.8, 4) is 0 Å². The topological polar surface area (TPSA) is 71.3 Å². The van der Waals surface area contributed by atoms with Gasteiger partial charge in [-0.15, -0.1) is 0 Å². The number of nitrogens with one attached hydrogen (secondary N) is 1. The first-order valence-corrected chi connectivity index (χ1v) is 7.48. The predicted molar refractivity (Wildman–Crippen MR) is 76.5 cm³/mol. The van der Waals surface area contributed by atoms with E-state index in [1.807, 2.05) is 12.3 Å². The molecule has 108 valence electrons. The van der Waals surface area contributed by atoms with Crippen LogP contribution in [0, 0.1) is 6.92 Å². The van der Waals surface area contributed by atoms with Crippen LogP contribution in [-0.2, 0) is 11.3 Å². The summed E-state index contributed by atoms with van der Waals surface area (Å²) in [6.07, 6.45) is 2.26. The Morgan fingerprint density at radius 1 is 1.53 bits per heavy atom. The van der Waals surface area contributed by atoms with Crippen molar-refractivity contribution in [2.45, 2.75) is 52.2 Å². The van der Waals surface area contributed by atoms with Crippen LogP contribution in [0.3, 0.4) is 0 Å². The van der Waals surface area contributed by atoms with E-state index in [0.29, 0.717) is 32.4 Å². The van der Waals surface area contributed by atoms with Gasteiger partial charge in [0.05, 0.1) is 6.10 Å². The highest BCUT2D eigenvalue weighted by atomic mass is 32.1. The zero-order chi connectivity index (χ0) is 14.3. The smallest absolute Gasteiger partial charge is 0.307 e. The van der Waals surface area contributed by atoms with E-state index < -0.39 is 0 Å². The average molecular weight is 286 g/mol. The van der Waals surface area contributed by atoms with Gasteiger partial charge in [-0.25, -0.2) is 0 Å². The molecule has 0 radical (unpaired) electrons. The third-order valence-electron chi connectivity index (χ3n) is 2.88. The zero-order valence-corrected chi connectivity index (χ0v) is 12.3. The minimum absolute atomic E-state index is 0.00604. The average Bonchev–Trinajstić information content (AvgIpc) is 2.66. The number of hydrogen-bond donors (Lipinski definition) is 2. The normalized spacial score (nSPS) is 12.4. The molecule has 1 heterocycles. The first kappa shape index (κ1) is 15.9. The summed E-state index contributed by atoms with van der Waals surface area (Å²) in [7, 11) is 0. The Morgan fingerprint density at radius 3 is 2.84 bits per heavy atom. The Balaban J connectivity index is 2.16. The molecule has 0 aliphatic heterocycles. The number of carbonyl (C=O) groups is 1. The SMILES string of the molecule is Cc1csc(=O)n1CCCC(=O)NCCCC(C)O. The summed E-state index contributed by atoms with van der Waals surface area (Å²) in [6.45, 7) is 4.83. The number of aromatic nitrogens is 1. The van der Waals surface area contributed by atoms with Crippen molar-refractivity contribution in [3.05, 3.63) is 20.7 Å². The molecule has 0 aliphatic rings. The van der Waals surface area contributed by atoms with Crippen molar-refractivity contribution in [3.63, 3.8) is 0 Å². The molecule has 2 N–H and O–H groups in total. The number of nitrogens with zero attached hydrogens (tertiary/aromatic N) is 1. The molecule has 1 rings (SSSR count). The van der Waals surface area contributed by atoms with E-state index in [9.17, 15) is 9.59 Å². The molecule has 1 aromatic rings. The maximum atomic E-state index is 11.5. The third-order valence-corrected chi connectivity index (χ3v) is 3.76. The van der Waals surface area contributed by atoms with Crippen LogP contribution in [0.5, 0.6) is 0 Å². The molecule has 0 aliphatic carbocycles. The van der Waals surface area contributed by atoms with Crippen molar-refractivity contribution in [1.29, 1.82) is 0 Å². The highest BCUT2D eigenvalue weighted by Crippen LogP contribution is 2.02. The fourth-order valence-corrected chi connectivity index (χ4v) is 2.55. The van der Waals surface area contributed by atoms with Gasteiger partial charge in [-0.3, -0.25) is 9.59 Å². The highest BCUT2D eigenvalue weighted by molar-refractivity contribution is 7.07. The van der Waals surface area contributed by atoms with Crippen LogP contribution in [0.15, 0.2) is 10.2 Å². The van der Waals surface area contributed by atoms with Crippen LogP contribution >= 0.6 is 11.3 Å². The second-order valence-corrected chi connectivity index (χ2v) is 5.56. The molecular formula is C13H22N2O3S. The van der Waals surface area contributed by atoms with Gasteiger partial charge in [-0.2, -0.15) is 0 Å². The van der Waals surface area contributed by atoms with Gasteiger partial charge in [0.2, 0.25) is 5.91 Å². The van der Waals surface area contributed by atoms with E-state index in [2.05, 4.69) is 5.32 Å². The second kappa shape index (κ2) is 8.12. The zero-order valence-electron chi connectivity index (χ0n) is 11.5. The number of rotatable bonds is 8. The van der Waals surface area contributed by atoms with E-state index in [1.165, 1.54) is 11.3 Å². The molecule has 1 unspecified atom stereocenters. The van der Waals surface area contributed by atoms with Crippen LogP contribution in [0.1, 0.15) is 38.3 Å². The van der Waals surface area contributed by atoms with Gasteiger partial charge < -0.3 is 15.0 Å². The lowest BCUT2D eigenvalue weighted by molar-refractivity contribution is -0.121. The van der Waals surface area contributed by atoms with Crippen molar-refractivity contribution in [2.75, 3.05) is 6.54 Å². The second-order valence-electron chi connectivity index (χ2n) is 4.74. The molecule has 6 heteroatoms. The van der Waals surface area contributed by atoms with Gasteiger partial charge in [0, 0.05) is 30.6 Å². The molecule has 19 heavy (non-hydrogen) atoms. The van der Waals surface area contributed by atoms with Gasteiger partial charge in [0.15, 0.2) is 0 Å². The van der Waals surface area contributed by atoms with Crippen LogP contribution in [0.25, 0.3) is 0 Å². The molecule has 1 amide bonds. The van der Waals surface area contributed by atoms with Crippen LogP contribution in [-0.4, -0.2) is 28.2 Å². The Bertz CT molecular complexity index is 451. The number of carbonyl (C=O) groups excluding carboxylic acids is 1. The Hall–Kier alpha value is -1.14. The molecule has 0 saturated carbocycles. The third kappa shape index (κ3) is 6.02. The number of amides is 1. The van der Waals surface area contributed by atoms with Crippen LogP contribution < -0.4 is 10.2 Å². The van der Waals surface area contributed by atoms with Gasteiger partial charge in [-0.05, 0) is 33.1 Å². The number of thiazole rings is 1. The molecule has 5 nitrogen and oxygen atoms in total. The molecule has 0 spiro atoms. The fourth-order valence-electron chi connectivity index (χ4n) is 1.79. The van der Waals surface area contributed by atoms with Gasteiger partial charge in [-0.1, -0.05) is 11.3 Å². The first-order valence-electron chi connectivity index (χ1n) is 6.60. The minimum Gasteiger partial charge on any atom is -0.393 e.